The van der Waals surface area contributed by atoms with Crippen LogP contribution in [0.25, 0.3) is 0 Å². The Morgan fingerprint density at radius 3 is 2.52 bits per heavy atom. The summed E-state index contributed by atoms with van der Waals surface area (Å²) in [4.78, 5) is 0.0965. The first-order chi connectivity index (χ1) is 13.4. The molecule has 1 unspecified atom stereocenters. The molecule has 2 aromatic rings. The van der Waals surface area contributed by atoms with Crippen molar-refractivity contribution in [1.82, 2.24) is 5.32 Å². The summed E-state index contributed by atoms with van der Waals surface area (Å²) in [6.07, 6.45) is 0.0779. The molecule has 1 aliphatic heterocycles. The van der Waals surface area contributed by atoms with Crippen LogP contribution in [0.4, 0.5) is 0 Å². The topological polar surface area (TPSA) is 120 Å². The lowest BCUT2D eigenvalue weighted by molar-refractivity contribution is 0.0289. The highest BCUT2D eigenvalue weighted by Crippen LogP contribution is 2.32. The number of hydrogen-bond acceptors (Lipinski definition) is 7. The minimum absolute atomic E-state index is 0. The highest BCUT2D eigenvalue weighted by molar-refractivity contribution is 7.89. The van der Waals surface area contributed by atoms with Crippen molar-refractivity contribution in [2.75, 3.05) is 26.5 Å². The highest BCUT2D eigenvalue weighted by atomic mass is 35.5. The molecule has 0 amide bonds. The first-order valence-corrected chi connectivity index (χ1v) is 10.4. The van der Waals surface area contributed by atoms with Crippen LogP contribution in [0.1, 0.15) is 11.1 Å². The molecule has 8 nitrogen and oxygen atoms in total. The summed E-state index contributed by atoms with van der Waals surface area (Å²) < 4.78 is 38.6. The van der Waals surface area contributed by atoms with Gasteiger partial charge in [-0.15, -0.1) is 12.4 Å². The van der Waals surface area contributed by atoms with Gasteiger partial charge in [0.15, 0.2) is 11.5 Å². The number of aliphatic hydroxyl groups excluding tert-OH is 1. The van der Waals surface area contributed by atoms with Crippen molar-refractivity contribution in [3.63, 3.8) is 0 Å². The second-order valence-electron chi connectivity index (χ2n) is 6.50. The molecule has 1 aliphatic rings. The van der Waals surface area contributed by atoms with Gasteiger partial charge in [-0.1, -0.05) is 18.2 Å². The zero-order valence-corrected chi connectivity index (χ0v) is 17.4. The largest absolute Gasteiger partial charge is 0.454 e. The molecule has 29 heavy (non-hydrogen) atoms. The van der Waals surface area contributed by atoms with Gasteiger partial charge in [0.05, 0.1) is 24.2 Å². The molecule has 0 radical (unpaired) electrons. The van der Waals surface area contributed by atoms with Gasteiger partial charge in [-0.3, -0.25) is 0 Å². The van der Waals surface area contributed by atoms with Crippen LogP contribution in [0.5, 0.6) is 11.5 Å². The number of nitrogens with two attached hydrogens (primary N) is 1. The average Bonchev–Trinajstić information content (AvgIpc) is 3.13. The van der Waals surface area contributed by atoms with Crippen molar-refractivity contribution in [1.29, 1.82) is 0 Å². The molecular formula is C19H25ClN2O6S. The van der Waals surface area contributed by atoms with E-state index in [4.69, 9.17) is 19.3 Å². The number of sulfonamides is 1. The summed E-state index contributed by atoms with van der Waals surface area (Å²) in [5.74, 6) is 1.44. The lowest BCUT2D eigenvalue weighted by Crippen LogP contribution is -2.31. The average molecular weight is 445 g/mol. The van der Waals surface area contributed by atoms with Gasteiger partial charge in [-0.25, -0.2) is 13.6 Å². The number of halogens is 1. The molecule has 0 aromatic heterocycles. The zero-order valence-electron chi connectivity index (χ0n) is 15.7. The van der Waals surface area contributed by atoms with Gasteiger partial charge in [-0.05, 0) is 48.4 Å². The molecule has 1 heterocycles. The fourth-order valence-electron chi connectivity index (χ4n) is 2.75. The number of ether oxygens (including phenoxy) is 3. The van der Waals surface area contributed by atoms with E-state index in [2.05, 4.69) is 5.32 Å². The summed E-state index contributed by atoms with van der Waals surface area (Å²) >= 11 is 0. The molecule has 10 heteroatoms. The molecule has 0 saturated carbocycles. The smallest absolute Gasteiger partial charge is 0.238 e. The van der Waals surface area contributed by atoms with E-state index < -0.39 is 16.1 Å². The predicted molar refractivity (Wildman–Crippen MR) is 110 cm³/mol. The predicted octanol–water partition coefficient (Wildman–Crippen LogP) is 1.19. The molecule has 1 atom stereocenters. The van der Waals surface area contributed by atoms with Crippen molar-refractivity contribution in [3.05, 3.63) is 53.6 Å². The van der Waals surface area contributed by atoms with Crippen LogP contribution < -0.4 is 19.9 Å². The van der Waals surface area contributed by atoms with Crippen molar-refractivity contribution in [2.24, 2.45) is 5.14 Å². The number of rotatable bonds is 10. The Bertz CT molecular complexity index is 892. The zero-order chi connectivity index (χ0) is 20.0. The van der Waals surface area contributed by atoms with Crippen LogP contribution in [-0.4, -0.2) is 46.1 Å². The van der Waals surface area contributed by atoms with Gasteiger partial charge >= 0.3 is 0 Å². The maximum Gasteiger partial charge on any atom is 0.238 e. The molecule has 0 saturated heterocycles. The van der Waals surface area contributed by atoms with E-state index in [1.54, 1.807) is 12.1 Å². The first kappa shape index (κ1) is 23.4. The number of aliphatic hydroxyl groups is 1. The third-order valence-corrected chi connectivity index (χ3v) is 5.17. The van der Waals surface area contributed by atoms with Crippen molar-refractivity contribution in [3.8, 4) is 11.5 Å². The molecule has 160 valence electrons. The van der Waals surface area contributed by atoms with Gasteiger partial charge < -0.3 is 24.6 Å². The normalized spacial score (nSPS) is 13.7. The van der Waals surface area contributed by atoms with Crippen LogP contribution in [0.3, 0.4) is 0 Å². The minimum Gasteiger partial charge on any atom is -0.454 e. The van der Waals surface area contributed by atoms with E-state index in [0.717, 1.165) is 16.9 Å². The third-order valence-electron chi connectivity index (χ3n) is 4.24. The summed E-state index contributed by atoms with van der Waals surface area (Å²) in [7, 11) is -3.66. The Labute approximate surface area is 176 Å². The maximum absolute atomic E-state index is 11.2. The van der Waals surface area contributed by atoms with Crippen LogP contribution in [0, 0.1) is 0 Å². The van der Waals surface area contributed by atoms with Gasteiger partial charge in [-0.2, -0.15) is 0 Å². The lowest BCUT2D eigenvalue weighted by Gasteiger charge is -2.13. The Balaban J connectivity index is 0.00000300. The number of primary sulfonamides is 1. The fourth-order valence-corrected chi connectivity index (χ4v) is 3.27. The standard InChI is InChI=1S/C19H24N2O6S.ClH/c20-28(23,24)17-4-1-14(2-5-17)7-8-21-10-16(22)12-25-11-15-3-6-18-19(9-15)27-13-26-18;/h1-6,9,16,21-22H,7-8,10-13H2,(H2,20,23,24);1H. The van der Waals surface area contributed by atoms with Gasteiger partial charge in [0.25, 0.3) is 0 Å². The van der Waals surface area contributed by atoms with E-state index in [-0.39, 0.29) is 30.7 Å². The SMILES string of the molecule is Cl.NS(=O)(=O)c1ccc(CCNCC(O)COCc2ccc3c(c2)OCO3)cc1. The van der Waals surface area contributed by atoms with E-state index in [1.807, 2.05) is 18.2 Å². The van der Waals surface area contributed by atoms with Crippen LogP contribution in [-0.2, 0) is 27.8 Å². The van der Waals surface area contributed by atoms with Crippen molar-refractivity contribution in [2.45, 2.75) is 24.0 Å². The second kappa shape index (κ2) is 10.8. The van der Waals surface area contributed by atoms with Crippen LogP contribution in [0.15, 0.2) is 47.4 Å². The molecule has 3 rings (SSSR count). The minimum atomic E-state index is -3.66. The fraction of sp³-hybridized carbons (Fsp3) is 0.368. The van der Waals surface area contributed by atoms with E-state index in [1.165, 1.54) is 12.1 Å². The highest BCUT2D eigenvalue weighted by Gasteiger charge is 2.13. The molecule has 0 bridgehead atoms. The Kier molecular flexibility index (Phi) is 8.69. The van der Waals surface area contributed by atoms with Crippen molar-refractivity contribution < 1.29 is 27.7 Å². The van der Waals surface area contributed by atoms with Crippen LogP contribution >= 0.6 is 12.4 Å². The first-order valence-electron chi connectivity index (χ1n) is 8.88. The Hall–Kier alpha value is -1.88. The number of fused-ring (bicyclic) bond motifs is 1. The molecular weight excluding hydrogens is 420 g/mol. The summed E-state index contributed by atoms with van der Waals surface area (Å²) in [5.41, 5.74) is 1.93. The number of nitrogens with one attached hydrogen (secondary N) is 1. The van der Waals surface area contributed by atoms with E-state index in [0.29, 0.717) is 31.9 Å². The summed E-state index contributed by atoms with van der Waals surface area (Å²) in [6.45, 7) is 1.87. The molecule has 4 N–H and O–H groups in total. The molecule has 0 spiro atoms. The lowest BCUT2D eigenvalue weighted by atomic mass is 10.1. The van der Waals surface area contributed by atoms with E-state index >= 15 is 0 Å². The molecule has 0 fully saturated rings. The Morgan fingerprint density at radius 2 is 1.79 bits per heavy atom. The van der Waals surface area contributed by atoms with E-state index in [9.17, 15) is 13.5 Å². The number of hydrogen-bond donors (Lipinski definition) is 3. The Morgan fingerprint density at radius 1 is 1.10 bits per heavy atom. The molecule has 0 aliphatic carbocycles. The third kappa shape index (κ3) is 7.14. The quantitative estimate of drug-likeness (QED) is 0.471. The van der Waals surface area contributed by atoms with Gasteiger partial charge in [0.1, 0.15) is 0 Å². The second-order valence-corrected chi connectivity index (χ2v) is 8.06. The van der Waals surface area contributed by atoms with Crippen molar-refractivity contribution >= 4 is 22.4 Å². The summed E-state index contributed by atoms with van der Waals surface area (Å²) in [6, 6.07) is 12.0. The molecule has 2 aromatic carbocycles. The number of benzene rings is 2. The summed E-state index contributed by atoms with van der Waals surface area (Å²) in [5, 5.41) is 18.2. The van der Waals surface area contributed by atoms with Gasteiger partial charge in [0.2, 0.25) is 16.8 Å². The van der Waals surface area contributed by atoms with Gasteiger partial charge in [0, 0.05) is 6.54 Å². The van der Waals surface area contributed by atoms with Crippen LogP contribution in [0.2, 0.25) is 0 Å². The monoisotopic (exact) mass is 444 g/mol. The maximum atomic E-state index is 11.2.